The average Bonchev–Trinajstić information content (AvgIpc) is 2.33. The van der Waals surface area contributed by atoms with E-state index in [9.17, 15) is 35.9 Å². The Kier molecular flexibility index (Phi) is 4.49. The molecule has 114 valence electrons. The molecule has 0 saturated carbocycles. The Labute approximate surface area is 113 Å². The Morgan fingerprint density at radius 3 is 1.43 bits per heavy atom. The van der Waals surface area contributed by atoms with E-state index in [0.717, 1.165) is 0 Å². The van der Waals surface area contributed by atoms with Crippen LogP contribution in [0.5, 0.6) is 0 Å². The third-order valence-electron chi connectivity index (χ3n) is 2.37. The van der Waals surface area contributed by atoms with Crippen molar-refractivity contribution >= 4 is 24.1 Å². The molecule has 1 rings (SSSR count). The first kappa shape index (κ1) is 17.2. The van der Waals surface area contributed by atoms with Crippen LogP contribution in [0.25, 0.3) is 0 Å². The van der Waals surface area contributed by atoms with E-state index in [1.807, 2.05) is 0 Å². The molecule has 0 aliphatic rings. The number of hydrogen-bond acceptors (Lipinski definition) is 4. The fourth-order valence-electron chi connectivity index (χ4n) is 1.54. The second-order valence-corrected chi connectivity index (χ2v) is 3.79. The summed E-state index contributed by atoms with van der Waals surface area (Å²) in [5.74, 6) is -5.19. The number of benzene rings is 1. The van der Waals surface area contributed by atoms with Gasteiger partial charge in [0.15, 0.2) is 0 Å². The molecule has 0 unspecified atom stereocenters. The first-order valence-electron chi connectivity index (χ1n) is 5.09. The quantitative estimate of drug-likeness (QED) is 0.493. The van der Waals surface area contributed by atoms with Crippen molar-refractivity contribution in [3.63, 3.8) is 0 Å². The van der Waals surface area contributed by atoms with Crippen LogP contribution >= 0.6 is 0 Å². The van der Waals surface area contributed by atoms with E-state index >= 15 is 0 Å². The number of rotatable bonds is 3. The molecule has 0 amide bonds. The maximum Gasteiger partial charge on any atom is 0.489 e. The van der Waals surface area contributed by atoms with E-state index < -0.39 is 47.6 Å². The zero-order chi connectivity index (χ0) is 16.6. The smallest absolute Gasteiger partial charge is 0.423 e. The summed E-state index contributed by atoms with van der Waals surface area (Å²) in [7, 11) is -2.87. The highest BCUT2D eigenvalue weighted by atomic mass is 19.4. The Morgan fingerprint density at radius 2 is 1.19 bits per heavy atom. The lowest BCUT2D eigenvalue weighted by Gasteiger charge is -2.15. The van der Waals surface area contributed by atoms with E-state index in [4.69, 9.17) is 10.0 Å². The molecule has 0 aliphatic heterocycles. The highest BCUT2D eigenvalue weighted by molar-refractivity contribution is 6.62. The van der Waals surface area contributed by atoms with E-state index in [1.165, 1.54) is 0 Å². The first-order valence-corrected chi connectivity index (χ1v) is 5.09. The van der Waals surface area contributed by atoms with Gasteiger partial charge in [-0.15, -0.1) is 0 Å². The van der Waals surface area contributed by atoms with Crippen LogP contribution in [0.15, 0.2) is 18.2 Å². The molecule has 0 spiro atoms. The fourth-order valence-corrected chi connectivity index (χ4v) is 1.54. The lowest BCUT2D eigenvalue weighted by Crippen LogP contribution is -2.43. The highest BCUT2D eigenvalue weighted by Gasteiger charge is 2.45. The topological polar surface area (TPSA) is 74.6 Å². The Bertz CT molecular complexity index is 534. The molecule has 1 aromatic rings. The minimum atomic E-state index is -5.45. The molecule has 0 aromatic heterocycles. The molecule has 2 N–H and O–H groups in total. The Hall–Kier alpha value is -1.88. The molecule has 0 atom stereocenters. The predicted molar refractivity (Wildman–Crippen MR) is 57.0 cm³/mol. The number of carbonyl (C=O) groups is 2. The lowest BCUT2D eigenvalue weighted by atomic mass is 9.72. The van der Waals surface area contributed by atoms with Crippen molar-refractivity contribution in [2.75, 3.05) is 0 Å². The summed E-state index contributed by atoms with van der Waals surface area (Å²) < 4.78 is 74.0. The van der Waals surface area contributed by atoms with Crippen molar-refractivity contribution in [3.8, 4) is 0 Å². The van der Waals surface area contributed by atoms with Crippen molar-refractivity contribution in [2.24, 2.45) is 0 Å². The molecule has 0 aliphatic carbocycles. The minimum absolute atomic E-state index is 0.442. The molecular weight excluding hydrogens is 309 g/mol. The minimum Gasteiger partial charge on any atom is -0.423 e. The van der Waals surface area contributed by atoms with Gasteiger partial charge in [0, 0.05) is 16.6 Å². The van der Waals surface area contributed by atoms with E-state index in [2.05, 4.69) is 0 Å². The summed E-state index contributed by atoms with van der Waals surface area (Å²) in [4.78, 5) is 22.2. The second kappa shape index (κ2) is 5.49. The summed E-state index contributed by atoms with van der Waals surface area (Å²) >= 11 is 0. The number of ketones is 2. The van der Waals surface area contributed by atoms with Gasteiger partial charge in [0.2, 0.25) is 0 Å². The Morgan fingerprint density at radius 1 is 0.857 bits per heavy atom. The van der Waals surface area contributed by atoms with Crippen molar-refractivity contribution in [1.29, 1.82) is 0 Å². The Balaban J connectivity index is 3.57. The molecule has 1 aromatic carbocycles. The monoisotopic (exact) mass is 314 g/mol. The van der Waals surface area contributed by atoms with Crippen LogP contribution in [0, 0.1) is 0 Å². The van der Waals surface area contributed by atoms with Gasteiger partial charge in [-0.3, -0.25) is 9.59 Å². The van der Waals surface area contributed by atoms with Crippen LogP contribution in [0.4, 0.5) is 26.3 Å². The van der Waals surface area contributed by atoms with Gasteiger partial charge < -0.3 is 10.0 Å². The summed E-state index contributed by atoms with van der Waals surface area (Å²) in [5.41, 5.74) is -4.32. The van der Waals surface area contributed by atoms with Crippen LogP contribution in [0.3, 0.4) is 0 Å². The average molecular weight is 314 g/mol. The third kappa shape index (κ3) is 3.61. The summed E-state index contributed by atoms with van der Waals surface area (Å²) in [6.07, 6.45) is -10.9. The molecule has 4 nitrogen and oxygen atoms in total. The van der Waals surface area contributed by atoms with Gasteiger partial charge in [0.05, 0.1) is 0 Å². The van der Waals surface area contributed by atoms with Crippen LogP contribution in [-0.2, 0) is 0 Å². The summed E-state index contributed by atoms with van der Waals surface area (Å²) in [6, 6.07) is 1.49. The van der Waals surface area contributed by atoms with Crippen molar-refractivity contribution in [1.82, 2.24) is 0 Å². The van der Waals surface area contributed by atoms with Gasteiger partial charge in [0.25, 0.3) is 11.6 Å². The third-order valence-corrected chi connectivity index (χ3v) is 2.37. The number of hydrogen-bond donors (Lipinski definition) is 2. The van der Waals surface area contributed by atoms with E-state index in [1.54, 1.807) is 0 Å². The molecule has 0 heterocycles. The normalized spacial score (nSPS) is 12.2. The van der Waals surface area contributed by atoms with Gasteiger partial charge in [-0.05, 0) is 0 Å². The molecule has 21 heavy (non-hydrogen) atoms. The number of alkyl halides is 6. The van der Waals surface area contributed by atoms with Gasteiger partial charge in [-0.25, -0.2) is 0 Å². The van der Waals surface area contributed by atoms with Crippen molar-refractivity contribution < 1.29 is 46.0 Å². The van der Waals surface area contributed by atoms with Crippen LogP contribution in [-0.4, -0.2) is 41.1 Å². The molecular formula is C10H5BF6O4. The SMILES string of the molecule is O=C(c1cccc(C(=O)C(F)(F)F)c1B(O)O)C(F)(F)F. The highest BCUT2D eigenvalue weighted by Crippen LogP contribution is 2.24. The first-order chi connectivity index (χ1) is 9.37. The van der Waals surface area contributed by atoms with Crippen molar-refractivity contribution in [3.05, 3.63) is 29.3 Å². The van der Waals surface area contributed by atoms with Crippen LogP contribution in [0.1, 0.15) is 20.7 Å². The van der Waals surface area contributed by atoms with Crippen LogP contribution in [0.2, 0.25) is 0 Å². The maximum atomic E-state index is 12.3. The van der Waals surface area contributed by atoms with E-state index in [0.29, 0.717) is 18.2 Å². The molecule has 0 radical (unpaired) electrons. The van der Waals surface area contributed by atoms with Crippen molar-refractivity contribution in [2.45, 2.75) is 12.4 Å². The summed E-state index contributed by atoms with van der Waals surface area (Å²) in [6.45, 7) is 0. The molecule has 0 fully saturated rings. The second-order valence-electron chi connectivity index (χ2n) is 3.79. The zero-order valence-corrected chi connectivity index (χ0v) is 9.79. The predicted octanol–water partition coefficient (Wildman–Crippen LogP) is 0.856. The number of carbonyl (C=O) groups excluding carboxylic acids is 2. The van der Waals surface area contributed by atoms with Gasteiger partial charge >= 0.3 is 19.5 Å². The molecule has 0 bridgehead atoms. The van der Waals surface area contributed by atoms with Gasteiger partial charge in [0.1, 0.15) is 0 Å². The molecule has 11 heteroatoms. The van der Waals surface area contributed by atoms with Gasteiger partial charge in [-0.2, -0.15) is 26.3 Å². The van der Waals surface area contributed by atoms with E-state index in [-0.39, 0.29) is 0 Å². The zero-order valence-electron chi connectivity index (χ0n) is 9.79. The maximum absolute atomic E-state index is 12.3. The largest absolute Gasteiger partial charge is 0.489 e. The number of halogens is 6. The van der Waals surface area contributed by atoms with Gasteiger partial charge in [-0.1, -0.05) is 18.2 Å². The summed E-state index contributed by atoms with van der Waals surface area (Å²) in [5, 5.41) is 17.9. The number of Topliss-reactive ketones (excluding diaryl/α,β-unsaturated/α-hetero) is 2. The lowest BCUT2D eigenvalue weighted by molar-refractivity contribution is -0.0886. The fraction of sp³-hybridized carbons (Fsp3) is 0.200. The van der Waals surface area contributed by atoms with Crippen LogP contribution < -0.4 is 5.46 Å². The standard InChI is InChI=1S/C10H5BF6O4/c12-9(13,14)7(18)4-2-1-3-5(6(4)11(20)21)8(19)10(15,16)17/h1-3,20-21H. The molecule has 0 saturated heterocycles.